The molecule has 0 saturated carbocycles. The first-order chi connectivity index (χ1) is 65.0. The lowest BCUT2D eigenvalue weighted by Gasteiger charge is -2.30. The van der Waals surface area contributed by atoms with Gasteiger partial charge in [-0.25, -0.2) is 4.79 Å². The maximum absolute atomic E-state index is 14.8. The summed E-state index contributed by atoms with van der Waals surface area (Å²) in [5, 5.41) is 88.4. The summed E-state index contributed by atoms with van der Waals surface area (Å²) in [5.74, 6) is -22.1. The third kappa shape index (κ3) is 37.1. The van der Waals surface area contributed by atoms with Crippen LogP contribution >= 0.6 is 0 Å². The molecule has 1 aliphatic heterocycles. The molecule has 0 bridgehead atoms. The summed E-state index contributed by atoms with van der Waals surface area (Å²) in [5.41, 5.74) is 20.5. The number of primary amides is 1. The molecule has 43 nitrogen and oxygen atoms in total. The summed E-state index contributed by atoms with van der Waals surface area (Å²) in [6.07, 6.45) is -3.45. The van der Waals surface area contributed by atoms with E-state index in [-0.39, 0.29) is 89.5 Å². The van der Waals surface area contributed by atoms with Crippen LogP contribution in [0.15, 0.2) is 146 Å². The molecule has 43 heteroatoms. The lowest BCUT2D eigenvalue weighted by atomic mass is 9.96. The summed E-state index contributed by atoms with van der Waals surface area (Å²) in [7, 11) is 0. The number of carbonyl (C=O) groups excluding carboxylic acids is 17. The Labute approximate surface area is 792 Å². The van der Waals surface area contributed by atoms with E-state index < -0.39 is 259 Å². The van der Waals surface area contributed by atoms with Crippen molar-refractivity contribution in [2.45, 2.75) is 236 Å². The minimum atomic E-state index is -1.94. The minimum absolute atomic E-state index is 0.0266. The summed E-state index contributed by atoms with van der Waals surface area (Å²) >= 11 is 0. The molecule has 1 fully saturated rings. The Morgan fingerprint density at radius 1 is 0.409 bits per heavy atom. The second-order valence-corrected chi connectivity index (χ2v) is 34.3. The van der Waals surface area contributed by atoms with Crippen LogP contribution in [0.4, 0.5) is 0 Å². The number of amides is 17. The van der Waals surface area contributed by atoms with E-state index in [4.69, 9.17) is 17.2 Å². The predicted octanol–water partition coefficient (Wildman–Crippen LogP) is -3.93. The molecule has 17 atom stereocenters. The molecule has 1 aliphatic rings. The molecule has 744 valence electrons. The lowest BCUT2D eigenvalue weighted by molar-refractivity contribution is -0.143. The number of carboxylic acid groups (broad SMARTS) is 2. The number of aliphatic carboxylic acids is 2. The maximum atomic E-state index is 14.8. The summed E-state index contributed by atoms with van der Waals surface area (Å²) in [4.78, 5) is 263. The van der Waals surface area contributed by atoms with Gasteiger partial charge in [0.1, 0.15) is 90.3 Å². The number of nitrogens with zero attached hydrogens (tertiary/aromatic N) is 1. The second kappa shape index (κ2) is 56.1. The van der Waals surface area contributed by atoms with E-state index in [0.29, 0.717) is 22.3 Å². The van der Waals surface area contributed by atoms with Gasteiger partial charge in [0.25, 0.3) is 0 Å². The molecule has 0 unspecified atom stereocenters. The number of hydrogen-bond donors (Lipinski definition) is 23. The smallest absolute Gasteiger partial charge is 0.326 e. The van der Waals surface area contributed by atoms with Gasteiger partial charge < -0.3 is 127 Å². The largest absolute Gasteiger partial charge is 0.508 e. The van der Waals surface area contributed by atoms with Gasteiger partial charge in [0.15, 0.2) is 0 Å². The highest BCUT2D eigenvalue weighted by atomic mass is 16.4. The van der Waals surface area contributed by atoms with Crippen LogP contribution in [0.25, 0.3) is 0 Å². The zero-order chi connectivity index (χ0) is 101. The van der Waals surface area contributed by atoms with Gasteiger partial charge in [0.2, 0.25) is 100 Å². The van der Waals surface area contributed by atoms with Gasteiger partial charge in [-0.3, -0.25) is 86.3 Å². The van der Waals surface area contributed by atoms with Crippen LogP contribution in [0.3, 0.4) is 0 Å². The number of likely N-dealkylation sites (tertiary alicyclic amines) is 1. The SMILES string of the molecule is CC[C@H](C)[C@H](NC(=O)[C@H](CCCCN)NC(=O)[C@H](CC(N)=O)NC(=O)CNC(=O)[C@@H]1CCCN1C(=O)[C@H](Cc1ccccc1)NC(=O)[C@H](CC(=O)O)NC(=O)[C@H](Cc1ccccc1)NC(=O)[C@@H](N)Cc1ccccc1)C(=O)N[C@H](C(=O)N[C@@H](CO)C(=O)N[C@H](C(=O)N[C@@H](C)C(=O)NCC(=O)N[C@H](C(=O)N[C@@H](Cc1ccc(O)cc1)C(=O)N[C@@H](Cc1ccccc1)C(=O)O)C(C)C)C(C)C)[C@@H](C)O. The lowest BCUT2D eigenvalue weighted by Crippen LogP contribution is -2.63. The average Bonchev–Trinajstić information content (AvgIpc) is 1.69. The van der Waals surface area contributed by atoms with Gasteiger partial charge >= 0.3 is 11.9 Å². The van der Waals surface area contributed by atoms with Crippen molar-refractivity contribution in [3.8, 4) is 5.75 Å². The van der Waals surface area contributed by atoms with Crippen molar-refractivity contribution in [2.24, 2.45) is 35.0 Å². The first-order valence-corrected chi connectivity index (χ1v) is 45.2. The fourth-order valence-electron chi connectivity index (χ4n) is 14.7. The topological polar surface area (TPSA) is 687 Å². The van der Waals surface area contributed by atoms with Crippen molar-refractivity contribution in [2.75, 3.05) is 32.8 Å². The fourth-order valence-corrected chi connectivity index (χ4v) is 14.7. The number of aromatic hydroxyl groups is 1. The van der Waals surface area contributed by atoms with Gasteiger partial charge in [-0.15, -0.1) is 0 Å². The van der Waals surface area contributed by atoms with Crippen LogP contribution in [0, 0.1) is 17.8 Å². The predicted molar refractivity (Wildman–Crippen MR) is 496 cm³/mol. The number of nitrogens with one attached hydrogen (secondary N) is 15. The Kier molecular flexibility index (Phi) is 45.6. The molecule has 1 heterocycles. The molecular weight excluding hydrogens is 1780 g/mol. The number of rotatable bonds is 56. The summed E-state index contributed by atoms with van der Waals surface area (Å²) in [6.45, 7) is 8.94. The van der Waals surface area contributed by atoms with Crippen LogP contribution in [-0.2, 0) is 123 Å². The molecule has 1 saturated heterocycles. The molecule has 17 amide bonds. The zero-order valence-electron chi connectivity index (χ0n) is 77.7. The first-order valence-electron chi connectivity index (χ1n) is 45.2. The number of hydrogen-bond acceptors (Lipinski definition) is 24. The molecule has 5 aromatic carbocycles. The van der Waals surface area contributed by atoms with E-state index in [2.05, 4.69) is 79.8 Å². The van der Waals surface area contributed by atoms with E-state index in [1.807, 2.05) is 0 Å². The van der Waals surface area contributed by atoms with E-state index in [1.54, 1.807) is 142 Å². The number of aliphatic hydroxyl groups excluding tert-OH is 2. The molecule has 6 rings (SSSR count). The second-order valence-electron chi connectivity index (χ2n) is 34.3. The van der Waals surface area contributed by atoms with E-state index in [1.165, 1.54) is 52.0 Å². The van der Waals surface area contributed by atoms with Crippen molar-refractivity contribution < 1.29 is 117 Å². The maximum Gasteiger partial charge on any atom is 0.326 e. The van der Waals surface area contributed by atoms with Crippen molar-refractivity contribution in [3.63, 3.8) is 0 Å². The third-order valence-electron chi connectivity index (χ3n) is 22.6. The van der Waals surface area contributed by atoms with Gasteiger partial charge in [-0.1, -0.05) is 181 Å². The van der Waals surface area contributed by atoms with Crippen LogP contribution in [0.1, 0.15) is 135 Å². The first kappa shape index (κ1) is 111. The molecule has 0 spiro atoms. The molecule has 5 aromatic rings. The van der Waals surface area contributed by atoms with Crippen LogP contribution < -0.4 is 97.0 Å². The number of phenolic OH excluding ortho intramolecular Hbond substituents is 1. The quantitative estimate of drug-likeness (QED) is 0.0165. The van der Waals surface area contributed by atoms with E-state index >= 15 is 0 Å². The van der Waals surface area contributed by atoms with Crippen molar-refractivity contribution >= 4 is 112 Å². The van der Waals surface area contributed by atoms with Crippen molar-refractivity contribution in [3.05, 3.63) is 173 Å². The normalized spacial score (nSPS) is 15.8. The molecule has 0 aromatic heterocycles. The molecule has 26 N–H and O–H groups in total. The number of aliphatic hydroxyl groups is 2. The van der Waals surface area contributed by atoms with Crippen LogP contribution in [0.5, 0.6) is 5.75 Å². The fraction of sp³-hybridized carbons (Fsp3) is 0.479. The van der Waals surface area contributed by atoms with Gasteiger partial charge in [0.05, 0.1) is 44.7 Å². The number of benzene rings is 5. The number of phenols is 1. The molecule has 0 radical (unpaired) electrons. The number of carbonyl (C=O) groups is 19. The number of nitrogens with two attached hydrogens (primary N) is 3. The standard InChI is InChI=1S/C94H129N19O24/c1-9-53(6)78(91(133)112-79(55(8)115)92(134)108-70(50-114)87(129)110-77(52(4)5)89(131)100-54(7)80(122)98-49-74(119)109-76(51(2)3)90(132)105-65(43-60-35-37-61(116)38-36-60)84(126)107-69(94(136)137)45-59-31-20-13-21-32-59)111-82(124)63(33-22-23-39-95)102-85(127)66(46-72(97)117)101-73(118)48-99-88(130)71-34-24-40-113(71)93(135)68(44-58-29-18-12-19-30-58)106-86(128)67(47-75(120)121)104-83(125)64(42-57-27-16-11-17-28-57)103-81(123)62(96)41-56-25-14-10-15-26-56/h10-21,25-32,35-38,51-55,62-71,76-79,114-116H,9,22-24,33-34,39-50,95-96H2,1-8H3,(H2,97,117)(H,98,122)(H,99,130)(H,100,131)(H,101,118)(H,102,127)(H,103,123)(H,104,125)(H,105,132)(H,106,128)(H,107,126)(H,108,134)(H,109,119)(H,110,129)(H,111,124)(H,112,133)(H,120,121)(H,136,137)/t53-,54-,55+,62-,63-,64-,65-,66-,67-,68-,69-,70-,71-,76-,77-,78-,79-/m0/s1. The number of unbranched alkanes of at least 4 members (excludes halogenated alkanes) is 1. The van der Waals surface area contributed by atoms with Gasteiger partial charge in [-0.2, -0.15) is 0 Å². The molecule has 137 heavy (non-hydrogen) atoms. The molecular formula is C94H129N19O24. The number of carboxylic acids is 2. The summed E-state index contributed by atoms with van der Waals surface area (Å²) in [6, 6.07) is 16.7. The Bertz CT molecular complexity index is 4950. The average molecular weight is 1910 g/mol. The minimum Gasteiger partial charge on any atom is -0.508 e. The van der Waals surface area contributed by atoms with Gasteiger partial charge in [0, 0.05) is 32.2 Å². The molecule has 0 aliphatic carbocycles. The monoisotopic (exact) mass is 1910 g/mol. The highest BCUT2D eigenvalue weighted by molar-refractivity contribution is 6.02. The summed E-state index contributed by atoms with van der Waals surface area (Å²) < 4.78 is 0. The highest BCUT2D eigenvalue weighted by Crippen LogP contribution is 2.22. The van der Waals surface area contributed by atoms with Crippen LogP contribution in [-0.4, -0.2) is 272 Å². The van der Waals surface area contributed by atoms with Crippen molar-refractivity contribution in [1.29, 1.82) is 0 Å². The Balaban J connectivity index is 1.05. The Morgan fingerprint density at radius 3 is 1.30 bits per heavy atom. The highest BCUT2D eigenvalue weighted by Gasteiger charge is 2.43. The van der Waals surface area contributed by atoms with E-state index in [0.717, 1.165) is 17.4 Å². The Morgan fingerprint density at radius 2 is 0.803 bits per heavy atom. The van der Waals surface area contributed by atoms with Crippen molar-refractivity contribution in [1.82, 2.24) is 84.7 Å². The Hall–Kier alpha value is -14.3. The zero-order valence-corrected chi connectivity index (χ0v) is 77.7. The van der Waals surface area contributed by atoms with Crippen LogP contribution in [0.2, 0.25) is 0 Å². The van der Waals surface area contributed by atoms with Gasteiger partial charge in [-0.05, 0) is 117 Å². The van der Waals surface area contributed by atoms with E-state index in [9.17, 15) is 117 Å². The third-order valence-corrected chi connectivity index (χ3v) is 22.6.